The number of benzene rings is 2. The monoisotopic (exact) mass is 327 g/mol. The van der Waals surface area contributed by atoms with Crippen molar-refractivity contribution in [2.24, 2.45) is 16.6 Å². The molecule has 7 heteroatoms. The minimum absolute atomic E-state index is 0.0376. The van der Waals surface area contributed by atoms with E-state index in [1.807, 2.05) is 36.4 Å². The summed E-state index contributed by atoms with van der Waals surface area (Å²) in [4.78, 5) is 11.4. The van der Waals surface area contributed by atoms with E-state index in [0.717, 1.165) is 16.9 Å². The number of hydrogen-bond acceptors (Lipinski definition) is 4. The third kappa shape index (κ3) is 5.13. The van der Waals surface area contributed by atoms with E-state index in [1.165, 1.54) is 7.11 Å². The molecule has 0 amide bonds. The lowest BCUT2D eigenvalue weighted by atomic mass is 10.1. The number of nitrogens with zero attached hydrogens (tertiary/aromatic N) is 1. The normalized spacial score (nSPS) is 10.4. The van der Waals surface area contributed by atoms with Crippen LogP contribution in [0.4, 0.5) is 0 Å². The maximum Gasteiger partial charge on any atom is 0.337 e. The summed E-state index contributed by atoms with van der Waals surface area (Å²) in [5.74, 6) is 0.332. The second-order valence-electron chi connectivity index (χ2n) is 4.86. The van der Waals surface area contributed by atoms with Gasteiger partial charge in [-0.05, 0) is 42.0 Å². The van der Waals surface area contributed by atoms with Crippen LogP contribution in [0.25, 0.3) is 0 Å². The van der Waals surface area contributed by atoms with Crippen molar-refractivity contribution in [3.05, 3.63) is 65.2 Å². The summed E-state index contributed by atoms with van der Waals surface area (Å²) in [6.07, 6.45) is 1.66. The van der Waals surface area contributed by atoms with Crippen molar-refractivity contribution in [3.8, 4) is 5.75 Å². The summed E-state index contributed by atoms with van der Waals surface area (Å²) in [5.41, 5.74) is 12.8. The lowest BCUT2D eigenvalue weighted by Gasteiger charge is -2.07. The number of nitrogens with one attached hydrogen (secondary N) is 1. The highest BCUT2D eigenvalue weighted by Gasteiger charge is 2.04. The summed E-state index contributed by atoms with van der Waals surface area (Å²) < 4.78 is 10.4. The lowest BCUT2D eigenvalue weighted by molar-refractivity contribution is -0.456. The predicted octanol–water partition coefficient (Wildman–Crippen LogP) is -0.260. The van der Waals surface area contributed by atoms with Gasteiger partial charge in [0.25, 0.3) is 5.96 Å². The Kier molecular flexibility index (Phi) is 5.90. The molecule has 0 aromatic heterocycles. The van der Waals surface area contributed by atoms with E-state index in [9.17, 15) is 4.79 Å². The van der Waals surface area contributed by atoms with Crippen LogP contribution in [0.2, 0.25) is 0 Å². The molecule has 2 rings (SSSR count). The number of hydrazone groups is 1. The van der Waals surface area contributed by atoms with Crippen LogP contribution in [0.3, 0.4) is 0 Å². The van der Waals surface area contributed by atoms with E-state index in [2.05, 4.69) is 14.9 Å². The summed E-state index contributed by atoms with van der Waals surface area (Å²) >= 11 is 0. The van der Waals surface area contributed by atoms with Gasteiger partial charge in [-0.25, -0.2) is 4.79 Å². The van der Waals surface area contributed by atoms with E-state index < -0.39 is 0 Å². The number of esters is 1. The van der Waals surface area contributed by atoms with Crippen LogP contribution in [0.5, 0.6) is 5.75 Å². The van der Waals surface area contributed by atoms with Crippen LogP contribution in [-0.4, -0.2) is 25.3 Å². The molecule has 2 aromatic carbocycles. The molecule has 0 heterocycles. The lowest BCUT2D eigenvalue weighted by Crippen LogP contribution is -2.63. The van der Waals surface area contributed by atoms with Gasteiger partial charge in [0.15, 0.2) is 0 Å². The molecule has 0 bridgehead atoms. The molecule has 0 saturated carbocycles. The van der Waals surface area contributed by atoms with E-state index in [4.69, 9.17) is 16.2 Å². The largest absolute Gasteiger partial charge is 0.489 e. The molecule has 24 heavy (non-hydrogen) atoms. The number of rotatable bonds is 6. The molecule has 0 atom stereocenters. The smallest absolute Gasteiger partial charge is 0.337 e. The van der Waals surface area contributed by atoms with Crippen molar-refractivity contribution in [2.75, 3.05) is 7.11 Å². The Morgan fingerprint density at radius 3 is 2.38 bits per heavy atom. The fourth-order valence-electron chi connectivity index (χ4n) is 1.86. The first-order valence-corrected chi connectivity index (χ1v) is 7.16. The van der Waals surface area contributed by atoms with Crippen molar-refractivity contribution >= 4 is 18.1 Å². The van der Waals surface area contributed by atoms with Crippen LogP contribution in [0.1, 0.15) is 21.5 Å². The standard InChI is InChI=1S/C17H18N4O3/c1-23-16(22)14-6-2-13(3-7-14)11-24-15-8-4-12(5-9-15)10-20-21-17(18)19/h2-10H,11H2,1H3,(H4,18,19,21)/p+1/b20-10+. The molecule has 5 N–H and O–H groups in total. The molecule has 0 radical (unpaired) electrons. The zero-order chi connectivity index (χ0) is 17.4. The summed E-state index contributed by atoms with van der Waals surface area (Å²) in [7, 11) is 1.35. The fourth-order valence-corrected chi connectivity index (χ4v) is 1.86. The van der Waals surface area contributed by atoms with Gasteiger partial charge < -0.3 is 20.9 Å². The average molecular weight is 327 g/mol. The number of carbonyl (C=O) groups excluding carboxylic acids is 1. The highest BCUT2D eigenvalue weighted by atomic mass is 16.5. The van der Waals surface area contributed by atoms with Gasteiger partial charge in [-0.15, -0.1) is 5.10 Å². The molecular weight excluding hydrogens is 308 g/mol. The fraction of sp³-hybridized carbons (Fsp3) is 0.118. The SMILES string of the molecule is COC(=O)c1ccc(COc2ccc(/C=[NH+]/N=C(N)N)cc2)cc1. The van der Waals surface area contributed by atoms with Crippen molar-refractivity contribution in [1.82, 2.24) is 0 Å². The Morgan fingerprint density at radius 1 is 1.12 bits per heavy atom. The van der Waals surface area contributed by atoms with Crippen molar-refractivity contribution in [1.29, 1.82) is 0 Å². The Balaban J connectivity index is 1.91. The minimum Gasteiger partial charge on any atom is -0.489 e. The van der Waals surface area contributed by atoms with E-state index >= 15 is 0 Å². The highest BCUT2D eigenvalue weighted by Crippen LogP contribution is 2.14. The second-order valence-corrected chi connectivity index (χ2v) is 4.86. The third-order valence-corrected chi connectivity index (χ3v) is 3.09. The molecule has 0 aliphatic carbocycles. The maximum absolute atomic E-state index is 11.4. The van der Waals surface area contributed by atoms with E-state index in [-0.39, 0.29) is 11.9 Å². The first-order valence-electron chi connectivity index (χ1n) is 7.16. The molecule has 124 valence electrons. The Bertz CT molecular complexity index is 733. The zero-order valence-electron chi connectivity index (χ0n) is 13.2. The number of carbonyl (C=O) groups is 1. The van der Waals surface area contributed by atoms with Crippen LogP contribution in [-0.2, 0) is 11.3 Å². The van der Waals surface area contributed by atoms with Crippen LogP contribution < -0.4 is 21.3 Å². The van der Waals surface area contributed by atoms with Crippen molar-refractivity contribution < 1.29 is 19.4 Å². The van der Waals surface area contributed by atoms with Crippen molar-refractivity contribution in [3.63, 3.8) is 0 Å². The number of guanidine groups is 1. The molecule has 0 fully saturated rings. The summed E-state index contributed by atoms with van der Waals surface area (Å²) in [6, 6.07) is 14.5. The Morgan fingerprint density at radius 2 is 1.79 bits per heavy atom. The van der Waals surface area contributed by atoms with Crippen LogP contribution in [0, 0.1) is 0 Å². The molecule has 0 aliphatic rings. The second kappa shape index (κ2) is 8.33. The van der Waals surface area contributed by atoms with Gasteiger partial charge in [-0.2, -0.15) is 0 Å². The summed E-state index contributed by atoms with van der Waals surface area (Å²) in [5, 5.41) is 6.28. The molecule has 0 unspecified atom stereocenters. The molecular formula is C17H19N4O3+. The highest BCUT2D eigenvalue weighted by molar-refractivity contribution is 5.89. The van der Waals surface area contributed by atoms with Gasteiger partial charge in [0, 0.05) is 10.7 Å². The Hall–Kier alpha value is -3.35. The van der Waals surface area contributed by atoms with Crippen LogP contribution in [0.15, 0.2) is 53.6 Å². The summed E-state index contributed by atoms with van der Waals surface area (Å²) in [6.45, 7) is 0.400. The predicted molar refractivity (Wildman–Crippen MR) is 90.5 cm³/mol. The third-order valence-electron chi connectivity index (χ3n) is 3.09. The quantitative estimate of drug-likeness (QED) is 0.293. The van der Waals surface area contributed by atoms with Gasteiger partial charge in [0.2, 0.25) is 6.21 Å². The average Bonchev–Trinajstić information content (AvgIpc) is 2.60. The first kappa shape index (κ1) is 17.0. The van der Waals surface area contributed by atoms with Crippen molar-refractivity contribution in [2.45, 2.75) is 6.61 Å². The van der Waals surface area contributed by atoms with Crippen LogP contribution >= 0.6 is 0 Å². The van der Waals surface area contributed by atoms with Gasteiger partial charge in [-0.3, -0.25) is 0 Å². The zero-order valence-corrected chi connectivity index (χ0v) is 13.2. The first-order chi connectivity index (χ1) is 11.6. The number of methoxy groups -OCH3 is 1. The minimum atomic E-state index is -0.358. The Labute approximate surface area is 139 Å². The molecule has 0 saturated heterocycles. The van der Waals surface area contributed by atoms with Gasteiger partial charge in [0.1, 0.15) is 12.4 Å². The number of ether oxygens (including phenoxy) is 2. The van der Waals surface area contributed by atoms with E-state index in [1.54, 1.807) is 18.3 Å². The topological polar surface area (TPSA) is 114 Å². The van der Waals surface area contributed by atoms with Gasteiger partial charge in [0.05, 0.1) is 12.7 Å². The van der Waals surface area contributed by atoms with Gasteiger partial charge >= 0.3 is 5.97 Å². The molecule has 0 spiro atoms. The maximum atomic E-state index is 11.4. The number of nitrogens with two attached hydrogens (primary N) is 2. The molecule has 7 nitrogen and oxygen atoms in total. The molecule has 0 aliphatic heterocycles. The molecule has 2 aromatic rings. The number of hydrogen-bond donors (Lipinski definition) is 3. The van der Waals surface area contributed by atoms with E-state index in [0.29, 0.717) is 12.2 Å². The van der Waals surface area contributed by atoms with Gasteiger partial charge in [-0.1, -0.05) is 12.1 Å².